The van der Waals surface area contributed by atoms with E-state index in [-0.39, 0.29) is 12.8 Å². The van der Waals surface area contributed by atoms with Gasteiger partial charge >= 0.3 is 5.97 Å². The Bertz CT molecular complexity index is 199. The monoisotopic (exact) mass is 209 g/mol. The van der Waals surface area contributed by atoms with E-state index in [0.717, 1.165) is 0 Å². The second-order valence-electron chi connectivity index (χ2n) is 3.85. The van der Waals surface area contributed by atoms with Gasteiger partial charge in [0.05, 0.1) is 0 Å². The molecule has 0 saturated carbocycles. The Morgan fingerprint density at radius 2 is 2.07 bits per heavy atom. The summed E-state index contributed by atoms with van der Waals surface area (Å²) in [5, 5.41) is 8.53. The number of carbonyl (C=O) groups is 1. The third-order valence-electron chi connectivity index (χ3n) is 2.35. The van der Waals surface area contributed by atoms with Crippen LogP contribution in [-0.2, 0) is 4.79 Å². The highest BCUT2D eigenvalue weighted by Gasteiger charge is 2.37. The minimum Gasteiger partial charge on any atom is -0.480 e. The van der Waals surface area contributed by atoms with Gasteiger partial charge in [0.15, 0.2) is 0 Å². The molecule has 0 spiro atoms. The number of alkyl halides is 2. The fourth-order valence-corrected chi connectivity index (χ4v) is 1.46. The molecule has 0 aliphatic rings. The van der Waals surface area contributed by atoms with E-state index >= 15 is 0 Å². The number of carboxylic acid groups (broad SMARTS) is 1. The Hall–Kier alpha value is -0.710. The largest absolute Gasteiger partial charge is 0.480 e. The quantitative estimate of drug-likeness (QED) is 0.701. The van der Waals surface area contributed by atoms with Crippen molar-refractivity contribution >= 4 is 5.97 Å². The summed E-state index contributed by atoms with van der Waals surface area (Å²) in [6, 6.07) is -1.21. The lowest BCUT2D eigenvalue weighted by Gasteiger charge is -2.29. The summed E-state index contributed by atoms with van der Waals surface area (Å²) in [5.41, 5.74) is 3.95. The topological polar surface area (TPSA) is 63.3 Å². The highest BCUT2D eigenvalue weighted by atomic mass is 19.3. The standard InChI is InChI=1S/C9H17F2NO2/c1-3-4-9(2,8(10)11)5-6(12)7(13)14/h6,8H,3-5,12H2,1-2H3,(H,13,14). The highest BCUT2D eigenvalue weighted by Crippen LogP contribution is 2.35. The molecule has 0 aromatic rings. The summed E-state index contributed by atoms with van der Waals surface area (Å²) in [5.74, 6) is -1.23. The Labute approximate surface area is 82.3 Å². The predicted octanol–water partition coefficient (Wildman–Crippen LogP) is 1.86. The number of rotatable bonds is 6. The Morgan fingerprint density at radius 3 is 2.36 bits per heavy atom. The molecule has 0 rings (SSSR count). The van der Waals surface area contributed by atoms with Gasteiger partial charge in [0, 0.05) is 5.41 Å². The maximum atomic E-state index is 12.6. The van der Waals surface area contributed by atoms with Gasteiger partial charge in [0.25, 0.3) is 0 Å². The maximum Gasteiger partial charge on any atom is 0.320 e. The van der Waals surface area contributed by atoms with E-state index in [1.54, 1.807) is 6.92 Å². The van der Waals surface area contributed by atoms with Gasteiger partial charge in [-0.05, 0) is 12.8 Å². The fourth-order valence-electron chi connectivity index (χ4n) is 1.46. The van der Waals surface area contributed by atoms with E-state index in [1.165, 1.54) is 6.92 Å². The van der Waals surface area contributed by atoms with Crippen LogP contribution in [-0.4, -0.2) is 23.5 Å². The first-order chi connectivity index (χ1) is 6.33. The van der Waals surface area contributed by atoms with Gasteiger partial charge in [-0.25, -0.2) is 8.78 Å². The predicted molar refractivity (Wildman–Crippen MR) is 49.2 cm³/mol. The van der Waals surface area contributed by atoms with E-state index in [2.05, 4.69) is 0 Å². The average Bonchev–Trinajstić information content (AvgIpc) is 2.03. The van der Waals surface area contributed by atoms with Crippen molar-refractivity contribution in [3.05, 3.63) is 0 Å². The second-order valence-corrected chi connectivity index (χ2v) is 3.85. The van der Waals surface area contributed by atoms with E-state index in [1.807, 2.05) is 0 Å². The first-order valence-corrected chi connectivity index (χ1v) is 4.60. The number of halogens is 2. The van der Waals surface area contributed by atoms with Crippen LogP contribution in [0.5, 0.6) is 0 Å². The maximum absolute atomic E-state index is 12.6. The lowest BCUT2D eigenvalue weighted by Crippen LogP contribution is -2.39. The minimum atomic E-state index is -2.53. The van der Waals surface area contributed by atoms with Crippen LogP contribution < -0.4 is 5.73 Å². The second kappa shape index (κ2) is 5.24. The summed E-state index contributed by atoms with van der Waals surface area (Å²) >= 11 is 0. The molecule has 0 amide bonds. The summed E-state index contributed by atoms with van der Waals surface area (Å²) in [6.07, 6.45) is -1.85. The molecular weight excluding hydrogens is 192 g/mol. The lowest BCUT2D eigenvalue weighted by molar-refractivity contribution is -0.140. The fraction of sp³-hybridized carbons (Fsp3) is 0.889. The van der Waals surface area contributed by atoms with Crippen molar-refractivity contribution in [3.8, 4) is 0 Å². The molecule has 0 radical (unpaired) electrons. The SMILES string of the molecule is CCCC(C)(CC(N)C(=O)O)C(F)F. The summed E-state index contributed by atoms with van der Waals surface area (Å²) < 4.78 is 25.3. The van der Waals surface area contributed by atoms with Gasteiger partial charge in [0.2, 0.25) is 6.43 Å². The van der Waals surface area contributed by atoms with Crippen LogP contribution in [0.2, 0.25) is 0 Å². The molecule has 0 aromatic heterocycles. The molecule has 3 N–H and O–H groups in total. The van der Waals surface area contributed by atoms with Gasteiger partial charge < -0.3 is 10.8 Å². The zero-order valence-corrected chi connectivity index (χ0v) is 8.46. The van der Waals surface area contributed by atoms with Crippen LogP contribution in [0.25, 0.3) is 0 Å². The molecule has 0 bridgehead atoms. The number of carboxylic acids is 1. The Balaban J connectivity index is 4.43. The van der Waals surface area contributed by atoms with Crippen molar-refractivity contribution in [2.75, 3.05) is 0 Å². The highest BCUT2D eigenvalue weighted by molar-refractivity contribution is 5.73. The van der Waals surface area contributed by atoms with Crippen molar-refractivity contribution in [1.82, 2.24) is 0 Å². The molecule has 0 aromatic carbocycles. The normalized spacial score (nSPS) is 17.9. The molecule has 0 saturated heterocycles. The lowest BCUT2D eigenvalue weighted by atomic mass is 9.80. The molecule has 84 valence electrons. The van der Waals surface area contributed by atoms with Gasteiger partial charge in [0.1, 0.15) is 6.04 Å². The summed E-state index contributed by atoms with van der Waals surface area (Å²) in [7, 11) is 0. The van der Waals surface area contributed by atoms with E-state index in [4.69, 9.17) is 10.8 Å². The molecule has 0 heterocycles. The van der Waals surface area contributed by atoms with Crippen molar-refractivity contribution in [2.24, 2.45) is 11.1 Å². The molecular formula is C9H17F2NO2. The van der Waals surface area contributed by atoms with Crippen molar-refractivity contribution < 1.29 is 18.7 Å². The Kier molecular flexibility index (Phi) is 4.97. The third kappa shape index (κ3) is 3.57. The van der Waals surface area contributed by atoms with Crippen LogP contribution in [0.4, 0.5) is 8.78 Å². The first-order valence-electron chi connectivity index (χ1n) is 4.60. The van der Waals surface area contributed by atoms with Crippen LogP contribution >= 0.6 is 0 Å². The summed E-state index contributed by atoms with van der Waals surface area (Å²) in [4.78, 5) is 10.4. The summed E-state index contributed by atoms with van der Waals surface area (Å²) in [6.45, 7) is 3.16. The number of hydrogen-bond donors (Lipinski definition) is 2. The van der Waals surface area contributed by atoms with Gasteiger partial charge in [-0.15, -0.1) is 0 Å². The third-order valence-corrected chi connectivity index (χ3v) is 2.35. The minimum absolute atomic E-state index is 0.187. The van der Waals surface area contributed by atoms with Crippen molar-refractivity contribution in [2.45, 2.75) is 45.6 Å². The number of hydrogen-bond acceptors (Lipinski definition) is 2. The molecule has 5 heteroatoms. The van der Waals surface area contributed by atoms with Crippen LogP contribution in [0.1, 0.15) is 33.1 Å². The van der Waals surface area contributed by atoms with E-state index < -0.39 is 23.9 Å². The number of nitrogens with two attached hydrogens (primary N) is 1. The van der Waals surface area contributed by atoms with Crippen LogP contribution in [0.3, 0.4) is 0 Å². The van der Waals surface area contributed by atoms with Gasteiger partial charge in [-0.1, -0.05) is 20.3 Å². The van der Waals surface area contributed by atoms with Crippen LogP contribution in [0.15, 0.2) is 0 Å². The van der Waals surface area contributed by atoms with Crippen LogP contribution in [0, 0.1) is 5.41 Å². The van der Waals surface area contributed by atoms with Crippen molar-refractivity contribution in [3.63, 3.8) is 0 Å². The molecule has 14 heavy (non-hydrogen) atoms. The van der Waals surface area contributed by atoms with E-state index in [0.29, 0.717) is 6.42 Å². The molecule has 3 nitrogen and oxygen atoms in total. The molecule has 0 aliphatic heterocycles. The molecule has 0 aliphatic carbocycles. The van der Waals surface area contributed by atoms with Crippen molar-refractivity contribution in [1.29, 1.82) is 0 Å². The average molecular weight is 209 g/mol. The molecule has 2 unspecified atom stereocenters. The zero-order chi connectivity index (χ0) is 11.4. The van der Waals surface area contributed by atoms with Gasteiger partial charge in [-0.3, -0.25) is 4.79 Å². The zero-order valence-electron chi connectivity index (χ0n) is 8.46. The smallest absolute Gasteiger partial charge is 0.320 e. The van der Waals surface area contributed by atoms with E-state index in [9.17, 15) is 13.6 Å². The molecule has 2 atom stereocenters. The Morgan fingerprint density at radius 1 is 1.57 bits per heavy atom. The first kappa shape index (κ1) is 13.3. The van der Waals surface area contributed by atoms with Gasteiger partial charge in [-0.2, -0.15) is 0 Å². The molecule has 0 fully saturated rings. The number of aliphatic carboxylic acids is 1.